The molecule has 0 atom stereocenters. The van der Waals surface area contributed by atoms with Crippen molar-refractivity contribution in [3.63, 3.8) is 0 Å². The molecule has 90 valence electrons. The third kappa shape index (κ3) is 3.90. The Morgan fingerprint density at radius 1 is 1.25 bits per heavy atom. The van der Waals surface area contributed by atoms with Crippen LogP contribution in [0.1, 0.15) is 0 Å². The summed E-state index contributed by atoms with van der Waals surface area (Å²) in [7, 11) is 0.903. The van der Waals surface area contributed by atoms with Gasteiger partial charge in [0, 0.05) is 10.7 Å². The van der Waals surface area contributed by atoms with Crippen molar-refractivity contribution in [1.29, 1.82) is 0 Å². The monoisotopic (exact) mass is 274 g/mol. The second-order valence-corrected chi connectivity index (χ2v) is 5.32. The van der Waals surface area contributed by atoms with Crippen molar-refractivity contribution in [2.45, 2.75) is 11.1 Å². The molecule has 1 aromatic carbocycles. The number of alkyl halides is 3. The largest absolute Gasteiger partial charge is 0.483 e. The molecule has 1 rings (SSSR count). The molecule has 8 heteroatoms. The zero-order valence-electron chi connectivity index (χ0n) is 7.66. The van der Waals surface area contributed by atoms with Gasteiger partial charge in [-0.3, -0.25) is 0 Å². The first-order chi connectivity index (χ1) is 7.20. The second-order valence-electron chi connectivity index (χ2n) is 2.79. The quantitative estimate of drug-likeness (QED) is 0.796. The summed E-state index contributed by atoms with van der Waals surface area (Å²) in [5.41, 5.74) is 0. The minimum absolute atomic E-state index is 0.421. The van der Waals surface area contributed by atoms with E-state index in [2.05, 4.69) is 4.74 Å². The van der Waals surface area contributed by atoms with E-state index in [1.165, 1.54) is 12.1 Å². The minimum atomic E-state index is -4.54. The van der Waals surface area contributed by atoms with E-state index in [1.54, 1.807) is 0 Å². The molecule has 3 nitrogen and oxygen atoms in total. The van der Waals surface area contributed by atoms with Gasteiger partial charge in [-0.1, -0.05) is 12.1 Å². The van der Waals surface area contributed by atoms with Crippen LogP contribution >= 0.6 is 10.7 Å². The molecule has 0 spiro atoms. The van der Waals surface area contributed by atoms with Crippen molar-refractivity contribution in [1.82, 2.24) is 0 Å². The van der Waals surface area contributed by atoms with Gasteiger partial charge in [-0.15, -0.1) is 0 Å². The highest BCUT2D eigenvalue weighted by molar-refractivity contribution is 8.13. The molecule has 0 aliphatic heterocycles. The van der Waals surface area contributed by atoms with Crippen LogP contribution in [0, 0.1) is 0 Å². The maximum atomic E-state index is 11.9. The number of rotatable bonds is 3. The highest BCUT2D eigenvalue weighted by atomic mass is 35.7. The van der Waals surface area contributed by atoms with Crippen molar-refractivity contribution in [2.75, 3.05) is 6.61 Å². The second kappa shape index (κ2) is 4.50. The van der Waals surface area contributed by atoms with Gasteiger partial charge in [0.15, 0.2) is 6.61 Å². The van der Waals surface area contributed by atoms with Crippen molar-refractivity contribution in [3.05, 3.63) is 24.3 Å². The normalized spacial score (nSPS) is 12.5. The summed E-state index contributed by atoms with van der Waals surface area (Å²) in [6.45, 7) is -1.57. The number of ether oxygens (including phenoxy) is 1. The minimum Gasteiger partial charge on any atom is -0.483 e. The van der Waals surface area contributed by atoms with E-state index in [4.69, 9.17) is 10.7 Å². The topological polar surface area (TPSA) is 43.4 Å². The van der Waals surface area contributed by atoms with Crippen molar-refractivity contribution < 1.29 is 26.3 Å². The Bertz CT molecular complexity index is 470. The molecule has 0 aromatic heterocycles. The van der Waals surface area contributed by atoms with Gasteiger partial charge in [0.2, 0.25) is 0 Å². The predicted octanol–water partition coefficient (Wildman–Crippen LogP) is 2.56. The van der Waals surface area contributed by atoms with Gasteiger partial charge in [0.25, 0.3) is 9.05 Å². The van der Waals surface area contributed by atoms with Crippen LogP contribution in [-0.4, -0.2) is 21.2 Å². The van der Waals surface area contributed by atoms with E-state index in [0.717, 1.165) is 12.1 Å². The van der Waals surface area contributed by atoms with Gasteiger partial charge in [0.05, 0.1) is 0 Å². The predicted molar refractivity (Wildman–Crippen MR) is 51.0 cm³/mol. The molecule has 0 saturated carbocycles. The fourth-order valence-electron chi connectivity index (χ4n) is 0.930. The highest BCUT2D eigenvalue weighted by Gasteiger charge is 2.29. The summed E-state index contributed by atoms with van der Waals surface area (Å²) >= 11 is 0. The van der Waals surface area contributed by atoms with Gasteiger partial charge in [0.1, 0.15) is 10.6 Å². The van der Waals surface area contributed by atoms with E-state index < -0.39 is 32.5 Å². The molecule has 0 fully saturated rings. The first-order valence-electron chi connectivity index (χ1n) is 3.93. The molecule has 0 N–H and O–H groups in total. The third-order valence-electron chi connectivity index (χ3n) is 1.50. The SMILES string of the molecule is O=S(=O)(Cl)c1ccccc1OCC(F)(F)F. The first-order valence-corrected chi connectivity index (χ1v) is 6.24. The van der Waals surface area contributed by atoms with Crippen LogP contribution in [0.5, 0.6) is 5.75 Å². The molecule has 1 aromatic rings. The molecular formula is C8H6ClF3O3S. The molecular weight excluding hydrogens is 269 g/mol. The molecule has 0 radical (unpaired) electrons. The number of para-hydroxylation sites is 1. The van der Waals surface area contributed by atoms with Crippen LogP contribution in [0.15, 0.2) is 29.2 Å². The maximum Gasteiger partial charge on any atom is 0.422 e. The van der Waals surface area contributed by atoms with E-state index in [0.29, 0.717) is 0 Å². The lowest BCUT2D eigenvalue weighted by atomic mass is 10.3. The van der Waals surface area contributed by atoms with Gasteiger partial charge in [-0.05, 0) is 12.1 Å². The van der Waals surface area contributed by atoms with Crippen LogP contribution in [0.4, 0.5) is 13.2 Å². The number of halogens is 4. The lowest BCUT2D eigenvalue weighted by molar-refractivity contribution is -0.153. The average molecular weight is 275 g/mol. The van der Waals surface area contributed by atoms with Crippen LogP contribution in [0.25, 0.3) is 0 Å². The van der Waals surface area contributed by atoms with E-state index >= 15 is 0 Å². The molecule has 16 heavy (non-hydrogen) atoms. The highest BCUT2D eigenvalue weighted by Crippen LogP contribution is 2.27. The Morgan fingerprint density at radius 3 is 2.31 bits per heavy atom. The molecule has 0 unspecified atom stereocenters. The van der Waals surface area contributed by atoms with E-state index in [1.807, 2.05) is 0 Å². The summed E-state index contributed by atoms with van der Waals surface area (Å²) in [5, 5.41) is 0. The van der Waals surface area contributed by atoms with Crippen LogP contribution in [-0.2, 0) is 9.05 Å². The number of hydrogen-bond acceptors (Lipinski definition) is 3. The van der Waals surface area contributed by atoms with Crippen molar-refractivity contribution in [2.24, 2.45) is 0 Å². The summed E-state index contributed by atoms with van der Waals surface area (Å²) in [6, 6.07) is 4.84. The fourth-order valence-corrected chi connectivity index (χ4v) is 1.92. The van der Waals surface area contributed by atoms with Crippen LogP contribution in [0.2, 0.25) is 0 Å². The van der Waals surface area contributed by atoms with Gasteiger partial charge >= 0.3 is 6.18 Å². The van der Waals surface area contributed by atoms with Crippen molar-refractivity contribution >= 4 is 19.7 Å². The van der Waals surface area contributed by atoms with E-state index in [9.17, 15) is 21.6 Å². The lowest BCUT2D eigenvalue weighted by Crippen LogP contribution is -2.19. The maximum absolute atomic E-state index is 11.9. The number of benzene rings is 1. The summed E-state index contributed by atoms with van der Waals surface area (Å²) in [5.74, 6) is -0.421. The smallest absolute Gasteiger partial charge is 0.422 e. The zero-order valence-corrected chi connectivity index (χ0v) is 9.23. The Balaban J connectivity index is 2.97. The standard InChI is InChI=1S/C8H6ClF3O3S/c9-16(13,14)7-4-2-1-3-6(7)15-5-8(10,11)12/h1-4H,5H2. The molecule has 0 aliphatic carbocycles. The molecule has 0 aliphatic rings. The van der Waals surface area contributed by atoms with Gasteiger partial charge < -0.3 is 4.74 Å². The lowest BCUT2D eigenvalue weighted by Gasteiger charge is -2.11. The average Bonchev–Trinajstić information content (AvgIpc) is 2.12. The van der Waals surface area contributed by atoms with Gasteiger partial charge in [-0.2, -0.15) is 13.2 Å². The Kier molecular flexibility index (Phi) is 3.69. The van der Waals surface area contributed by atoms with Crippen LogP contribution < -0.4 is 4.74 Å². The van der Waals surface area contributed by atoms with Gasteiger partial charge in [-0.25, -0.2) is 8.42 Å². The zero-order chi connectivity index (χ0) is 12.4. The molecule has 0 amide bonds. The Labute approximate surface area is 94.2 Å². The fraction of sp³-hybridized carbons (Fsp3) is 0.250. The summed E-state index contributed by atoms with van der Waals surface area (Å²) in [4.78, 5) is -0.485. The molecule has 0 saturated heterocycles. The summed E-state index contributed by atoms with van der Waals surface area (Å²) < 4.78 is 61.9. The summed E-state index contributed by atoms with van der Waals surface area (Å²) in [6.07, 6.45) is -4.54. The Morgan fingerprint density at radius 2 is 1.81 bits per heavy atom. The molecule has 0 heterocycles. The Hall–Kier alpha value is -0.950. The van der Waals surface area contributed by atoms with E-state index in [-0.39, 0.29) is 0 Å². The third-order valence-corrected chi connectivity index (χ3v) is 2.86. The van der Waals surface area contributed by atoms with Crippen molar-refractivity contribution in [3.8, 4) is 5.75 Å². The number of hydrogen-bond donors (Lipinski definition) is 0. The first kappa shape index (κ1) is 13.1. The molecule has 0 bridgehead atoms. The van der Waals surface area contributed by atoms with Crippen LogP contribution in [0.3, 0.4) is 0 Å².